The Morgan fingerprint density at radius 1 is 0.957 bits per heavy atom. The first-order chi connectivity index (χ1) is 22.2. The molecule has 2 aliphatic heterocycles. The molecule has 2 aromatic carbocycles. The number of carbonyl (C=O) groups is 4. The van der Waals surface area contributed by atoms with Gasteiger partial charge in [0, 0.05) is 37.0 Å². The molecule has 2 bridgehead atoms. The van der Waals surface area contributed by atoms with Crippen molar-refractivity contribution in [1.82, 2.24) is 15.2 Å². The van der Waals surface area contributed by atoms with E-state index in [2.05, 4.69) is 15.6 Å². The van der Waals surface area contributed by atoms with Crippen LogP contribution in [0.4, 0.5) is 5.69 Å². The number of halogens is 2. The molecular weight excluding hydrogens is 631 g/mol. The van der Waals surface area contributed by atoms with Crippen LogP contribution in [-0.2, 0) is 32.0 Å². The van der Waals surface area contributed by atoms with Gasteiger partial charge in [0.05, 0.1) is 29.8 Å². The number of esters is 1. The number of hydrogen-bond acceptors (Lipinski definition) is 7. The molecule has 2 unspecified atom stereocenters. The minimum Gasteiger partial charge on any atom is -0.497 e. The summed E-state index contributed by atoms with van der Waals surface area (Å²) in [6, 6.07) is 12.8. The summed E-state index contributed by atoms with van der Waals surface area (Å²) in [6.07, 6.45) is 7.06. The van der Waals surface area contributed by atoms with Crippen molar-refractivity contribution >= 4 is 52.6 Å². The number of pyridine rings is 1. The molecule has 1 aliphatic carbocycles. The first-order valence-electron chi connectivity index (χ1n) is 15.2. The fourth-order valence-corrected chi connectivity index (χ4v) is 6.97. The number of hydrogen-bond donors (Lipinski definition) is 2. The van der Waals surface area contributed by atoms with E-state index >= 15 is 0 Å². The Kier molecular flexibility index (Phi) is 10.8. The van der Waals surface area contributed by atoms with Crippen molar-refractivity contribution < 1.29 is 28.7 Å². The largest absolute Gasteiger partial charge is 0.497 e. The van der Waals surface area contributed by atoms with Crippen molar-refractivity contribution in [2.45, 2.75) is 63.1 Å². The van der Waals surface area contributed by atoms with Gasteiger partial charge in [-0.05, 0) is 73.4 Å². The van der Waals surface area contributed by atoms with Gasteiger partial charge in [-0.15, -0.1) is 0 Å². The van der Waals surface area contributed by atoms with Crippen LogP contribution in [0.15, 0.2) is 60.9 Å². The smallest absolute Gasteiger partial charge is 0.328 e. The van der Waals surface area contributed by atoms with Crippen LogP contribution < -0.4 is 15.4 Å². The Balaban J connectivity index is 1.25. The minimum atomic E-state index is -0.971. The zero-order valence-electron chi connectivity index (χ0n) is 25.6. The number of fused-ring (bicyclic) bond motifs is 3. The van der Waals surface area contributed by atoms with Crippen LogP contribution in [0.3, 0.4) is 0 Å². The third-order valence-electron chi connectivity index (χ3n) is 8.73. The maximum absolute atomic E-state index is 13.8. The highest BCUT2D eigenvalue weighted by Crippen LogP contribution is 2.40. The molecular formula is C34H36Cl2N4O6. The predicted octanol–water partition coefficient (Wildman–Crippen LogP) is 5.25. The van der Waals surface area contributed by atoms with Crippen LogP contribution in [0.1, 0.15) is 53.6 Å². The summed E-state index contributed by atoms with van der Waals surface area (Å²) in [4.78, 5) is 58.7. The zero-order chi connectivity index (χ0) is 32.8. The van der Waals surface area contributed by atoms with Gasteiger partial charge in [-0.3, -0.25) is 19.4 Å². The summed E-state index contributed by atoms with van der Waals surface area (Å²) in [5.74, 6) is -0.756. The van der Waals surface area contributed by atoms with Gasteiger partial charge in [0.25, 0.3) is 5.91 Å². The molecule has 3 heterocycles. The molecule has 46 heavy (non-hydrogen) atoms. The molecule has 3 amide bonds. The van der Waals surface area contributed by atoms with E-state index in [1.165, 1.54) is 19.5 Å². The lowest BCUT2D eigenvalue weighted by Gasteiger charge is -2.50. The molecule has 2 atom stereocenters. The second kappa shape index (κ2) is 15.0. The second-order valence-electron chi connectivity index (χ2n) is 11.6. The number of piperidine rings is 2. The van der Waals surface area contributed by atoms with Crippen molar-refractivity contribution in [3.8, 4) is 5.75 Å². The van der Waals surface area contributed by atoms with Crippen LogP contribution in [0.25, 0.3) is 0 Å². The van der Waals surface area contributed by atoms with Gasteiger partial charge < -0.3 is 25.0 Å². The number of amides is 3. The van der Waals surface area contributed by atoms with E-state index in [-0.39, 0.29) is 52.2 Å². The fourth-order valence-electron chi connectivity index (χ4n) is 6.43. The summed E-state index contributed by atoms with van der Waals surface area (Å²) in [5, 5.41) is 5.90. The van der Waals surface area contributed by atoms with Crippen molar-refractivity contribution in [2.24, 2.45) is 5.92 Å². The van der Waals surface area contributed by atoms with Gasteiger partial charge in [0.2, 0.25) is 11.8 Å². The number of ether oxygens (including phenoxy) is 2. The van der Waals surface area contributed by atoms with Gasteiger partial charge in [0.15, 0.2) is 0 Å². The third kappa shape index (κ3) is 7.62. The zero-order valence-corrected chi connectivity index (χ0v) is 27.1. The molecule has 3 aliphatic rings. The lowest BCUT2D eigenvalue weighted by Crippen LogP contribution is -2.64. The van der Waals surface area contributed by atoms with Crippen molar-refractivity contribution in [3.05, 3.63) is 87.7 Å². The van der Waals surface area contributed by atoms with E-state index < -0.39 is 24.0 Å². The topological polar surface area (TPSA) is 127 Å². The molecule has 12 heteroatoms. The molecule has 3 aromatic rings. The highest BCUT2D eigenvalue weighted by molar-refractivity contribution is 6.40. The van der Waals surface area contributed by atoms with Crippen molar-refractivity contribution in [2.75, 3.05) is 19.5 Å². The molecule has 2 saturated heterocycles. The second-order valence-corrected chi connectivity index (χ2v) is 12.4. The summed E-state index contributed by atoms with van der Waals surface area (Å²) in [7, 11) is 2.87. The molecule has 242 valence electrons. The third-order valence-corrected chi connectivity index (χ3v) is 9.31. The van der Waals surface area contributed by atoms with Crippen LogP contribution in [0.5, 0.6) is 5.75 Å². The number of aryl methyl sites for hydroxylation is 1. The van der Waals surface area contributed by atoms with Gasteiger partial charge in [-0.25, -0.2) is 4.79 Å². The number of benzene rings is 2. The van der Waals surface area contributed by atoms with E-state index in [1.807, 2.05) is 24.3 Å². The lowest BCUT2D eigenvalue weighted by atomic mass is 9.74. The first-order valence-corrected chi connectivity index (χ1v) is 16.0. The molecule has 0 spiro atoms. The molecule has 0 radical (unpaired) electrons. The van der Waals surface area contributed by atoms with Crippen LogP contribution in [-0.4, -0.2) is 65.9 Å². The predicted molar refractivity (Wildman–Crippen MR) is 174 cm³/mol. The number of aromatic nitrogens is 1. The monoisotopic (exact) mass is 666 g/mol. The van der Waals surface area contributed by atoms with E-state index in [9.17, 15) is 19.2 Å². The number of anilines is 1. The van der Waals surface area contributed by atoms with E-state index in [0.717, 1.165) is 42.6 Å². The Hall–Kier alpha value is -4.15. The average Bonchev–Trinajstić information content (AvgIpc) is 3.07. The first kappa shape index (κ1) is 33.2. The number of nitrogens with one attached hydrogen (secondary N) is 2. The maximum atomic E-state index is 13.8. The van der Waals surface area contributed by atoms with Crippen molar-refractivity contribution in [1.29, 1.82) is 0 Å². The van der Waals surface area contributed by atoms with E-state index in [0.29, 0.717) is 12.1 Å². The average molecular weight is 668 g/mol. The minimum absolute atomic E-state index is 0.00481. The summed E-state index contributed by atoms with van der Waals surface area (Å²) < 4.78 is 10.3. The van der Waals surface area contributed by atoms with Crippen LogP contribution >= 0.6 is 23.2 Å². The van der Waals surface area contributed by atoms with Crippen LogP contribution in [0.2, 0.25) is 10.0 Å². The number of rotatable bonds is 11. The molecule has 1 saturated carbocycles. The Morgan fingerprint density at radius 3 is 2.30 bits per heavy atom. The Labute approximate surface area is 277 Å². The molecule has 2 N–H and O–H groups in total. The van der Waals surface area contributed by atoms with E-state index in [4.69, 9.17) is 32.7 Å². The maximum Gasteiger partial charge on any atom is 0.328 e. The van der Waals surface area contributed by atoms with E-state index in [1.54, 1.807) is 36.3 Å². The molecule has 6 rings (SSSR count). The quantitative estimate of drug-likeness (QED) is 0.268. The van der Waals surface area contributed by atoms with Gasteiger partial charge in [-0.1, -0.05) is 47.5 Å². The lowest BCUT2D eigenvalue weighted by molar-refractivity contribution is -0.155. The summed E-state index contributed by atoms with van der Waals surface area (Å²) in [6.45, 7) is 0. The van der Waals surface area contributed by atoms with Crippen molar-refractivity contribution in [3.63, 3.8) is 0 Å². The summed E-state index contributed by atoms with van der Waals surface area (Å²) in [5.41, 5.74) is 2.31. The highest BCUT2D eigenvalue weighted by Gasteiger charge is 2.47. The van der Waals surface area contributed by atoms with Crippen LogP contribution in [0, 0.1) is 5.92 Å². The molecule has 3 fully saturated rings. The summed E-state index contributed by atoms with van der Waals surface area (Å²) >= 11 is 12.2. The molecule has 1 aromatic heterocycles. The van der Waals surface area contributed by atoms with Gasteiger partial charge in [0.1, 0.15) is 17.8 Å². The standard InChI is InChI=1S/C34H36Cl2N4O6/c1-45-25-5-3-4-20(16-25)8-15-29(41)40-24-13-9-22(10-14-24)31(40)33(43)39-28(34(44)46-2)17-21-6-11-23(12-7-21)38-32(42)30-26(35)18-37-19-27(30)36/h3-7,11-12,16,18-19,22,24,28,31H,8-10,13-15,17H2,1-2H3,(H,38,42)(H,39,43). The van der Waals surface area contributed by atoms with Gasteiger partial charge in [-0.2, -0.15) is 0 Å². The number of nitrogens with zero attached hydrogens (tertiary/aromatic N) is 2. The van der Waals surface area contributed by atoms with Gasteiger partial charge >= 0.3 is 5.97 Å². The normalized spacial score (nSPS) is 19.2. The molecule has 10 nitrogen and oxygen atoms in total. The fraction of sp³-hybridized carbons (Fsp3) is 0.382. The highest BCUT2D eigenvalue weighted by atomic mass is 35.5. The SMILES string of the molecule is COC(=O)C(Cc1ccc(NC(=O)c2c(Cl)cncc2Cl)cc1)NC(=O)C1C2CCC(CC2)N1C(=O)CCc1cccc(OC)c1. The Bertz CT molecular complexity index is 1570. The number of carbonyl (C=O) groups excluding carboxylic acids is 4. The Morgan fingerprint density at radius 2 is 1.65 bits per heavy atom. The number of methoxy groups -OCH3 is 2.